The molecule has 0 atom stereocenters. The van der Waals surface area contributed by atoms with Crippen LogP contribution < -0.4 is 5.32 Å². The maximum Gasteiger partial charge on any atom is 0.129 e. The summed E-state index contributed by atoms with van der Waals surface area (Å²) in [7, 11) is 0. The lowest BCUT2D eigenvalue weighted by molar-refractivity contribution is 0.613. The minimum absolute atomic E-state index is 0.278. The molecule has 0 fully saturated rings. The molecule has 2 aromatic rings. The Morgan fingerprint density at radius 3 is 2.63 bits per heavy atom. The van der Waals surface area contributed by atoms with E-state index in [0.717, 1.165) is 5.69 Å². The average molecular weight is 278 g/mol. The average Bonchev–Trinajstić information content (AvgIpc) is 2.38. The van der Waals surface area contributed by atoms with Crippen molar-refractivity contribution in [1.82, 2.24) is 0 Å². The van der Waals surface area contributed by atoms with Gasteiger partial charge < -0.3 is 5.32 Å². The predicted octanol–water partition coefficient (Wildman–Crippen LogP) is 5.21. The van der Waals surface area contributed by atoms with Gasteiger partial charge in [0.05, 0.1) is 0 Å². The van der Waals surface area contributed by atoms with E-state index in [0.29, 0.717) is 23.0 Å². The summed E-state index contributed by atoms with van der Waals surface area (Å²) < 4.78 is 13.6. The van der Waals surface area contributed by atoms with Crippen molar-refractivity contribution in [3.05, 3.63) is 64.4 Å². The second-order valence-corrected chi connectivity index (χ2v) is 5.31. The number of rotatable bonds is 4. The largest absolute Gasteiger partial charge is 0.381 e. The molecule has 0 heterocycles. The van der Waals surface area contributed by atoms with Gasteiger partial charge in [-0.25, -0.2) is 4.39 Å². The summed E-state index contributed by atoms with van der Waals surface area (Å²) in [5, 5.41) is 3.65. The Hall–Kier alpha value is -1.54. The lowest BCUT2D eigenvalue weighted by Crippen LogP contribution is -2.02. The van der Waals surface area contributed by atoms with Crippen LogP contribution in [0.4, 0.5) is 10.1 Å². The summed E-state index contributed by atoms with van der Waals surface area (Å²) in [4.78, 5) is 0. The summed E-state index contributed by atoms with van der Waals surface area (Å²) in [6, 6.07) is 12.9. The molecular weight excluding hydrogens is 261 g/mol. The van der Waals surface area contributed by atoms with Gasteiger partial charge in [0.2, 0.25) is 0 Å². The zero-order valence-electron chi connectivity index (χ0n) is 11.1. The van der Waals surface area contributed by atoms with Crippen LogP contribution in [0.3, 0.4) is 0 Å². The van der Waals surface area contributed by atoms with Gasteiger partial charge in [-0.2, -0.15) is 0 Å². The lowest BCUT2D eigenvalue weighted by Gasteiger charge is -2.11. The summed E-state index contributed by atoms with van der Waals surface area (Å²) >= 11 is 5.73. The first-order chi connectivity index (χ1) is 9.06. The van der Waals surface area contributed by atoms with Gasteiger partial charge in [-0.15, -0.1) is 0 Å². The maximum absolute atomic E-state index is 13.6. The first-order valence-corrected chi connectivity index (χ1v) is 6.72. The molecule has 0 aliphatic carbocycles. The van der Waals surface area contributed by atoms with Crippen LogP contribution in [0.2, 0.25) is 5.02 Å². The molecule has 0 bridgehead atoms. The van der Waals surface area contributed by atoms with Crippen LogP contribution in [0.5, 0.6) is 0 Å². The monoisotopic (exact) mass is 277 g/mol. The molecule has 2 aromatic carbocycles. The topological polar surface area (TPSA) is 12.0 Å². The highest BCUT2D eigenvalue weighted by Gasteiger charge is 2.04. The van der Waals surface area contributed by atoms with Gasteiger partial charge in [0.1, 0.15) is 5.82 Å². The van der Waals surface area contributed by atoms with E-state index in [9.17, 15) is 4.39 Å². The van der Waals surface area contributed by atoms with Crippen molar-refractivity contribution in [2.24, 2.45) is 0 Å². The number of anilines is 1. The molecule has 0 saturated carbocycles. The van der Waals surface area contributed by atoms with Crippen LogP contribution in [0.15, 0.2) is 42.5 Å². The molecule has 1 nitrogen and oxygen atoms in total. The first kappa shape index (κ1) is 13.9. The van der Waals surface area contributed by atoms with Crippen molar-refractivity contribution >= 4 is 17.3 Å². The third-order valence-corrected chi connectivity index (χ3v) is 3.29. The summed E-state index contributed by atoms with van der Waals surface area (Å²) in [5.74, 6) is 0.203. The fourth-order valence-corrected chi connectivity index (χ4v) is 2.03. The Labute approximate surface area is 118 Å². The number of nitrogens with one attached hydrogen (secondary N) is 1. The van der Waals surface area contributed by atoms with Gasteiger partial charge in [0.25, 0.3) is 0 Å². The van der Waals surface area contributed by atoms with Crippen LogP contribution >= 0.6 is 11.6 Å². The highest BCUT2D eigenvalue weighted by molar-refractivity contribution is 6.30. The predicted molar refractivity (Wildman–Crippen MR) is 79.3 cm³/mol. The maximum atomic E-state index is 13.6. The van der Waals surface area contributed by atoms with Crippen LogP contribution in [0.25, 0.3) is 0 Å². The van der Waals surface area contributed by atoms with Crippen LogP contribution in [-0.2, 0) is 6.54 Å². The van der Waals surface area contributed by atoms with Crippen molar-refractivity contribution in [2.45, 2.75) is 26.3 Å². The van der Waals surface area contributed by atoms with Crippen molar-refractivity contribution in [3.63, 3.8) is 0 Å². The van der Waals surface area contributed by atoms with Crippen LogP contribution in [-0.4, -0.2) is 0 Å². The molecular formula is C16H17ClFN. The Morgan fingerprint density at radius 2 is 1.95 bits per heavy atom. The second kappa shape index (κ2) is 6.07. The van der Waals surface area contributed by atoms with Crippen LogP contribution in [0, 0.1) is 5.82 Å². The third-order valence-electron chi connectivity index (χ3n) is 3.05. The molecule has 0 saturated heterocycles. The van der Waals surface area contributed by atoms with Crippen LogP contribution in [0.1, 0.15) is 30.9 Å². The molecule has 0 aromatic heterocycles. The highest BCUT2D eigenvalue weighted by Crippen LogP contribution is 2.20. The Kier molecular flexibility index (Phi) is 4.43. The lowest BCUT2D eigenvalue weighted by atomic mass is 10.0. The van der Waals surface area contributed by atoms with Crippen molar-refractivity contribution in [1.29, 1.82) is 0 Å². The molecule has 0 spiro atoms. The molecule has 0 aliphatic heterocycles. The van der Waals surface area contributed by atoms with Crippen molar-refractivity contribution in [3.8, 4) is 0 Å². The van der Waals surface area contributed by atoms with Gasteiger partial charge in [-0.05, 0) is 35.7 Å². The SMILES string of the molecule is CC(C)c1cccc(NCc2ccc(Cl)cc2F)c1. The highest BCUT2D eigenvalue weighted by atomic mass is 35.5. The van der Waals surface area contributed by atoms with E-state index >= 15 is 0 Å². The van der Waals surface area contributed by atoms with Gasteiger partial charge in [0, 0.05) is 22.8 Å². The molecule has 0 amide bonds. The summed E-state index contributed by atoms with van der Waals surface area (Å²) in [6.45, 7) is 4.75. The van der Waals surface area contributed by atoms with E-state index in [2.05, 4.69) is 31.3 Å². The quantitative estimate of drug-likeness (QED) is 0.808. The molecule has 100 valence electrons. The van der Waals surface area contributed by atoms with E-state index in [1.807, 2.05) is 12.1 Å². The molecule has 3 heteroatoms. The summed E-state index contributed by atoms with van der Waals surface area (Å²) in [6.07, 6.45) is 0. The van der Waals surface area contributed by atoms with E-state index in [1.54, 1.807) is 12.1 Å². The zero-order chi connectivity index (χ0) is 13.8. The molecule has 2 rings (SSSR count). The number of halogens is 2. The Balaban J connectivity index is 2.08. The number of hydrogen-bond donors (Lipinski definition) is 1. The van der Waals surface area contributed by atoms with Gasteiger partial charge in [0.15, 0.2) is 0 Å². The fourth-order valence-electron chi connectivity index (χ4n) is 1.87. The second-order valence-electron chi connectivity index (χ2n) is 4.87. The smallest absolute Gasteiger partial charge is 0.129 e. The van der Waals surface area contributed by atoms with E-state index in [-0.39, 0.29) is 5.82 Å². The Morgan fingerprint density at radius 1 is 1.16 bits per heavy atom. The molecule has 0 unspecified atom stereocenters. The first-order valence-electron chi connectivity index (χ1n) is 6.34. The number of hydrogen-bond acceptors (Lipinski definition) is 1. The van der Waals surface area contributed by atoms with Crippen molar-refractivity contribution < 1.29 is 4.39 Å². The van der Waals surface area contributed by atoms with E-state index in [1.165, 1.54) is 11.6 Å². The zero-order valence-corrected chi connectivity index (χ0v) is 11.8. The molecule has 0 radical (unpaired) electrons. The third kappa shape index (κ3) is 3.71. The van der Waals surface area contributed by atoms with Gasteiger partial charge >= 0.3 is 0 Å². The van der Waals surface area contributed by atoms with Gasteiger partial charge in [-0.3, -0.25) is 0 Å². The van der Waals surface area contributed by atoms with E-state index in [4.69, 9.17) is 11.6 Å². The minimum atomic E-state index is -0.278. The standard InChI is InChI=1S/C16H17ClFN/c1-11(2)12-4-3-5-15(8-12)19-10-13-6-7-14(17)9-16(13)18/h3-9,11,19H,10H2,1-2H3. The minimum Gasteiger partial charge on any atom is -0.381 e. The molecule has 19 heavy (non-hydrogen) atoms. The van der Waals surface area contributed by atoms with Crippen molar-refractivity contribution in [2.75, 3.05) is 5.32 Å². The number of benzene rings is 2. The Bertz CT molecular complexity index is 566. The van der Waals surface area contributed by atoms with Gasteiger partial charge in [-0.1, -0.05) is 43.6 Å². The molecule has 1 N–H and O–H groups in total. The normalized spacial score (nSPS) is 10.8. The fraction of sp³-hybridized carbons (Fsp3) is 0.250. The molecule has 0 aliphatic rings. The summed E-state index contributed by atoms with van der Waals surface area (Å²) in [5.41, 5.74) is 2.88. The van der Waals surface area contributed by atoms with E-state index < -0.39 is 0 Å².